The van der Waals surface area contributed by atoms with Gasteiger partial charge in [0.05, 0.1) is 13.7 Å². The number of ether oxygens (including phenoxy) is 2. The first kappa shape index (κ1) is 19.9. The largest absolute Gasteiger partial charge is 0.493 e. The maximum Gasteiger partial charge on any atom is 0.215 e. The molecule has 0 amide bonds. The van der Waals surface area contributed by atoms with Crippen LogP contribution in [0.3, 0.4) is 0 Å². The van der Waals surface area contributed by atoms with Gasteiger partial charge in [-0.05, 0) is 42.7 Å². The van der Waals surface area contributed by atoms with E-state index in [0.29, 0.717) is 29.9 Å². The minimum absolute atomic E-state index is 0.410. The first-order chi connectivity index (χ1) is 14.5. The Bertz CT molecular complexity index is 1110. The molecule has 1 unspecified atom stereocenters. The van der Waals surface area contributed by atoms with Crippen LogP contribution in [0.25, 0.3) is 0 Å². The summed E-state index contributed by atoms with van der Waals surface area (Å²) in [4.78, 5) is 14.0. The topological polar surface area (TPSA) is 82.6 Å². The number of benzene rings is 1. The lowest BCUT2D eigenvalue weighted by atomic mass is 9.78. The minimum Gasteiger partial charge on any atom is -0.493 e. The Morgan fingerprint density at radius 2 is 1.90 bits per heavy atom. The number of amidine groups is 1. The van der Waals surface area contributed by atoms with Crippen LogP contribution in [0.4, 0.5) is 0 Å². The summed E-state index contributed by atoms with van der Waals surface area (Å²) >= 11 is 0. The van der Waals surface area contributed by atoms with Gasteiger partial charge in [0.25, 0.3) is 0 Å². The van der Waals surface area contributed by atoms with Gasteiger partial charge >= 0.3 is 0 Å². The zero-order valence-corrected chi connectivity index (χ0v) is 17.7. The van der Waals surface area contributed by atoms with Crippen LogP contribution in [0.15, 0.2) is 59.9 Å². The van der Waals surface area contributed by atoms with E-state index in [1.807, 2.05) is 49.4 Å². The second kappa shape index (κ2) is 7.78. The van der Waals surface area contributed by atoms with Crippen molar-refractivity contribution in [2.45, 2.75) is 26.3 Å². The van der Waals surface area contributed by atoms with E-state index >= 15 is 0 Å². The molecule has 1 atom stereocenters. The van der Waals surface area contributed by atoms with Gasteiger partial charge in [0.1, 0.15) is 22.8 Å². The highest BCUT2D eigenvalue weighted by Gasteiger charge is 2.44. The molecule has 0 bridgehead atoms. The minimum atomic E-state index is -0.852. The molecule has 0 fully saturated rings. The van der Waals surface area contributed by atoms with E-state index in [9.17, 15) is 0 Å². The van der Waals surface area contributed by atoms with E-state index < -0.39 is 5.54 Å². The molecular weight excluding hydrogens is 376 g/mol. The van der Waals surface area contributed by atoms with Gasteiger partial charge in [0.2, 0.25) is 5.88 Å². The van der Waals surface area contributed by atoms with Crippen LogP contribution in [0.2, 0.25) is 0 Å². The van der Waals surface area contributed by atoms with Crippen molar-refractivity contribution in [3.8, 4) is 11.6 Å². The zero-order chi connectivity index (χ0) is 21.3. The lowest BCUT2D eigenvalue weighted by molar-refractivity contribution is 0.270. The second-order valence-electron chi connectivity index (χ2n) is 7.89. The number of aromatic nitrogens is 2. The maximum atomic E-state index is 6.34. The summed E-state index contributed by atoms with van der Waals surface area (Å²) in [7, 11) is 1.62. The van der Waals surface area contributed by atoms with Crippen molar-refractivity contribution >= 4 is 5.84 Å². The second-order valence-corrected chi connectivity index (χ2v) is 7.89. The summed E-state index contributed by atoms with van der Waals surface area (Å²) in [6.45, 7) is 6.86. The molecule has 1 aliphatic heterocycles. The van der Waals surface area contributed by atoms with Crippen LogP contribution in [-0.4, -0.2) is 29.5 Å². The fraction of sp³-hybridized carbons (Fsp3) is 0.292. The average molecular weight is 402 g/mol. The van der Waals surface area contributed by atoms with E-state index in [4.69, 9.17) is 20.2 Å². The van der Waals surface area contributed by atoms with Gasteiger partial charge in [0, 0.05) is 29.1 Å². The van der Waals surface area contributed by atoms with Gasteiger partial charge in [-0.25, -0.2) is 9.98 Å². The predicted molar refractivity (Wildman–Crippen MR) is 117 cm³/mol. The molecule has 3 aromatic rings. The number of fused-ring (bicyclic) bond motifs is 1. The molecular formula is C24H26N4O2. The van der Waals surface area contributed by atoms with Gasteiger partial charge in [-0.3, -0.25) is 4.98 Å². The van der Waals surface area contributed by atoms with E-state index in [0.717, 1.165) is 28.0 Å². The number of hydrogen-bond acceptors (Lipinski definition) is 6. The molecule has 0 radical (unpaired) electrons. The molecule has 2 aromatic heterocycles. The number of methoxy groups -OCH3 is 1. The number of aryl methyl sites for hydroxylation is 1. The first-order valence-corrected chi connectivity index (χ1v) is 10.0. The zero-order valence-electron chi connectivity index (χ0n) is 17.7. The van der Waals surface area contributed by atoms with Crippen molar-refractivity contribution in [3.63, 3.8) is 0 Å². The first-order valence-electron chi connectivity index (χ1n) is 10.0. The Hall–Kier alpha value is -3.41. The van der Waals surface area contributed by atoms with Crippen LogP contribution >= 0.6 is 0 Å². The molecule has 6 nitrogen and oxygen atoms in total. The lowest BCUT2D eigenvalue weighted by Crippen LogP contribution is -2.26. The monoisotopic (exact) mass is 402 g/mol. The summed E-state index contributed by atoms with van der Waals surface area (Å²) in [6, 6.07) is 14.0. The average Bonchev–Trinajstić information content (AvgIpc) is 3.06. The highest BCUT2D eigenvalue weighted by molar-refractivity contribution is 6.01. The SMILES string of the molecule is COc1ncc(C2(c3cccc(OCC(C)C)c3)N=C(N)c3ncccc32)cc1C. The number of nitrogens with two attached hydrogens (primary N) is 1. The highest BCUT2D eigenvalue weighted by atomic mass is 16.5. The third kappa shape index (κ3) is 3.28. The summed E-state index contributed by atoms with van der Waals surface area (Å²) < 4.78 is 11.4. The van der Waals surface area contributed by atoms with E-state index in [2.05, 4.69) is 23.8 Å². The Balaban J connectivity index is 1.93. The third-order valence-corrected chi connectivity index (χ3v) is 5.20. The summed E-state index contributed by atoms with van der Waals surface area (Å²) in [5, 5.41) is 0. The number of rotatable bonds is 6. The molecule has 30 heavy (non-hydrogen) atoms. The van der Waals surface area contributed by atoms with Gasteiger partial charge in [-0.2, -0.15) is 0 Å². The number of pyridine rings is 2. The summed E-state index contributed by atoms with van der Waals surface area (Å²) in [5.41, 5.74) is 9.88. The molecule has 3 heterocycles. The Labute approximate surface area is 176 Å². The van der Waals surface area contributed by atoms with E-state index in [-0.39, 0.29) is 0 Å². The fourth-order valence-corrected chi connectivity index (χ4v) is 3.85. The predicted octanol–water partition coefficient (Wildman–Crippen LogP) is 3.84. The van der Waals surface area contributed by atoms with Crippen LogP contribution < -0.4 is 15.2 Å². The van der Waals surface area contributed by atoms with Gasteiger partial charge in [-0.15, -0.1) is 0 Å². The molecule has 0 aliphatic carbocycles. The Morgan fingerprint density at radius 3 is 2.63 bits per heavy atom. The number of aliphatic imine (C=N–C) groups is 1. The third-order valence-electron chi connectivity index (χ3n) is 5.20. The molecule has 1 aromatic carbocycles. The van der Waals surface area contributed by atoms with Crippen LogP contribution in [0.5, 0.6) is 11.6 Å². The molecule has 1 aliphatic rings. The van der Waals surface area contributed by atoms with Gasteiger partial charge in [0.15, 0.2) is 0 Å². The molecule has 0 saturated carbocycles. The van der Waals surface area contributed by atoms with E-state index in [1.54, 1.807) is 19.5 Å². The van der Waals surface area contributed by atoms with Crippen LogP contribution in [-0.2, 0) is 5.54 Å². The summed E-state index contributed by atoms with van der Waals surface area (Å²) in [5.74, 6) is 2.22. The molecule has 0 spiro atoms. The maximum absolute atomic E-state index is 6.34. The van der Waals surface area contributed by atoms with Crippen molar-refractivity contribution in [1.29, 1.82) is 0 Å². The molecule has 4 rings (SSSR count). The van der Waals surface area contributed by atoms with Gasteiger partial charge in [-0.1, -0.05) is 32.0 Å². The van der Waals surface area contributed by atoms with Crippen molar-refractivity contribution in [3.05, 3.63) is 82.8 Å². The number of nitrogens with zero attached hydrogens (tertiary/aromatic N) is 3. The quantitative estimate of drug-likeness (QED) is 0.677. The van der Waals surface area contributed by atoms with Crippen molar-refractivity contribution in [2.24, 2.45) is 16.6 Å². The smallest absolute Gasteiger partial charge is 0.215 e. The van der Waals surface area contributed by atoms with Crippen molar-refractivity contribution in [1.82, 2.24) is 9.97 Å². The van der Waals surface area contributed by atoms with Gasteiger partial charge < -0.3 is 15.2 Å². The Morgan fingerprint density at radius 1 is 1.07 bits per heavy atom. The standard InChI is InChI=1S/C24H26N4O2/c1-15(2)14-30-19-8-5-7-17(12-19)24(18-11-16(3)23(29-4)27-13-18)20-9-6-10-26-21(20)22(25)28-24/h5-13,15H,14H2,1-4H3,(H2,25,28). The molecule has 6 heteroatoms. The Kier molecular flexibility index (Phi) is 5.16. The normalized spacial score (nSPS) is 17.6. The highest BCUT2D eigenvalue weighted by Crippen LogP contribution is 2.46. The summed E-state index contributed by atoms with van der Waals surface area (Å²) in [6.07, 6.45) is 3.53. The molecule has 154 valence electrons. The lowest BCUT2D eigenvalue weighted by Gasteiger charge is -2.29. The van der Waals surface area contributed by atoms with Crippen molar-refractivity contribution < 1.29 is 9.47 Å². The fourth-order valence-electron chi connectivity index (χ4n) is 3.85. The molecule has 0 saturated heterocycles. The van der Waals surface area contributed by atoms with E-state index in [1.165, 1.54) is 0 Å². The van der Waals surface area contributed by atoms with Crippen molar-refractivity contribution in [2.75, 3.05) is 13.7 Å². The van der Waals surface area contributed by atoms with Crippen LogP contribution in [0, 0.1) is 12.8 Å². The molecule has 2 N–H and O–H groups in total. The van der Waals surface area contributed by atoms with Crippen LogP contribution in [0.1, 0.15) is 41.8 Å². The number of hydrogen-bond donors (Lipinski definition) is 1.